The Labute approximate surface area is 110 Å². The molecule has 96 valence electrons. The van der Waals surface area contributed by atoms with Crippen molar-refractivity contribution in [2.24, 2.45) is 0 Å². The molecule has 2 rings (SSSR count). The number of nitrogens with zero attached hydrogens (tertiary/aromatic N) is 2. The minimum Gasteiger partial charge on any atom is -0.294 e. The SMILES string of the molecule is Cc1ccnc(CC(=O)c2ccccc2)c1[N+](=O)[O-]. The zero-order valence-corrected chi connectivity index (χ0v) is 10.4. The monoisotopic (exact) mass is 256 g/mol. The molecular weight excluding hydrogens is 244 g/mol. The molecule has 0 unspecified atom stereocenters. The Kier molecular flexibility index (Phi) is 3.66. The first-order valence-corrected chi connectivity index (χ1v) is 5.76. The number of Topliss-reactive ketones (excluding diaryl/α,β-unsaturated/α-hetero) is 1. The van der Waals surface area contributed by atoms with E-state index >= 15 is 0 Å². The van der Waals surface area contributed by atoms with Crippen LogP contribution in [0, 0.1) is 17.0 Å². The highest BCUT2D eigenvalue weighted by molar-refractivity contribution is 5.97. The van der Waals surface area contributed by atoms with Crippen molar-refractivity contribution in [1.29, 1.82) is 0 Å². The van der Waals surface area contributed by atoms with Crippen LogP contribution in [-0.2, 0) is 6.42 Å². The van der Waals surface area contributed by atoms with E-state index in [1.54, 1.807) is 37.3 Å². The van der Waals surface area contributed by atoms with Gasteiger partial charge in [-0.2, -0.15) is 0 Å². The van der Waals surface area contributed by atoms with Gasteiger partial charge >= 0.3 is 0 Å². The first-order chi connectivity index (χ1) is 9.09. The minimum absolute atomic E-state index is 0.0675. The van der Waals surface area contributed by atoms with E-state index in [0.717, 1.165) is 0 Å². The average molecular weight is 256 g/mol. The molecule has 0 fully saturated rings. The van der Waals surface area contributed by atoms with Crippen molar-refractivity contribution >= 4 is 11.5 Å². The number of nitro groups is 1. The molecule has 1 aromatic heterocycles. The number of aromatic nitrogens is 1. The molecule has 0 bridgehead atoms. The highest BCUT2D eigenvalue weighted by Gasteiger charge is 2.20. The van der Waals surface area contributed by atoms with Crippen molar-refractivity contribution in [2.75, 3.05) is 0 Å². The van der Waals surface area contributed by atoms with Gasteiger partial charge in [0.2, 0.25) is 0 Å². The van der Waals surface area contributed by atoms with E-state index in [2.05, 4.69) is 4.98 Å². The van der Waals surface area contributed by atoms with Crippen LogP contribution in [-0.4, -0.2) is 15.7 Å². The van der Waals surface area contributed by atoms with E-state index < -0.39 is 4.92 Å². The second-order valence-electron chi connectivity index (χ2n) is 4.15. The maximum absolute atomic E-state index is 12.0. The number of carbonyl (C=O) groups is 1. The maximum atomic E-state index is 12.0. The van der Waals surface area contributed by atoms with Crippen molar-refractivity contribution in [2.45, 2.75) is 13.3 Å². The summed E-state index contributed by atoms with van der Waals surface area (Å²) in [5.41, 5.74) is 1.17. The van der Waals surface area contributed by atoms with Crippen LogP contribution in [0.3, 0.4) is 0 Å². The predicted molar refractivity (Wildman–Crippen MR) is 70.1 cm³/mol. The molecule has 0 aliphatic rings. The van der Waals surface area contributed by atoms with Gasteiger partial charge in [0.25, 0.3) is 5.69 Å². The highest BCUT2D eigenvalue weighted by Crippen LogP contribution is 2.22. The summed E-state index contributed by atoms with van der Waals surface area (Å²) in [6.45, 7) is 1.64. The molecule has 0 aliphatic heterocycles. The zero-order valence-electron chi connectivity index (χ0n) is 10.4. The molecule has 2 aromatic rings. The summed E-state index contributed by atoms with van der Waals surface area (Å²) in [7, 11) is 0. The Morgan fingerprint density at radius 2 is 1.95 bits per heavy atom. The van der Waals surface area contributed by atoms with Crippen molar-refractivity contribution in [1.82, 2.24) is 4.98 Å². The number of hydrogen-bond acceptors (Lipinski definition) is 4. The van der Waals surface area contributed by atoms with E-state index in [0.29, 0.717) is 11.1 Å². The van der Waals surface area contributed by atoms with Crippen molar-refractivity contribution in [3.05, 3.63) is 69.5 Å². The van der Waals surface area contributed by atoms with E-state index in [4.69, 9.17) is 0 Å². The van der Waals surface area contributed by atoms with Gasteiger partial charge in [0.05, 0.1) is 11.3 Å². The molecule has 1 heterocycles. The lowest BCUT2D eigenvalue weighted by atomic mass is 10.0. The molecule has 0 radical (unpaired) electrons. The number of benzene rings is 1. The first-order valence-electron chi connectivity index (χ1n) is 5.76. The average Bonchev–Trinajstić information content (AvgIpc) is 2.39. The van der Waals surface area contributed by atoms with E-state index in [-0.39, 0.29) is 23.6 Å². The van der Waals surface area contributed by atoms with Crippen LogP contribution >= 0.6 is 0 Å². The third kappa shape index (κ3) is 2.82. The fraction of sp³-hybridized carbons (Fsp3) is 0.143. The van der Waals surface area contributed by atoms with Gasteiger partial charge in [0.1, 0.15) is 5.69 Å². The second kappa shape index (κ2) is 5.39. The van der Waals surface area contributed by atoms with Gasteiger partial charge in [-0.25, -0.2) is 0 Å². The molecule has 0 spiro atoms. The van der Waals surface area contributed by atoms with Crippen LogP contribution in [0.15, 0.2) is 42.6 Å². The lowest BCUT2D eigenvalue weighted by molar-refractivity contribution is -0.386. The zero-order chi connectivity index (χ0) is 13.8. The predicted octanol–water partition coefficient (Wildman–Crippen LogP) is 2.72. The number of aryl methyl sites for hydroxylation is 1. The summed E-state index contributed by atoms with van der Waals surface area (Å²) in [5.74, 6) is -0.179. The molecule has 5 heteroatoms. The fourth-order valence-electron chi connectivity index (χ4n) is 1.86. The van der Waals surface area contributed by atoms with Gasteiger partial charge in [0, 0.05) is 17.3 Å². The molecule has 19 heavy (non-hydrogen) atoms. The molecule has 0 saturated heterocycles. The van der Waals surface area contributed by atoms with Crippen LogP contribution in [0.5, 0.6) is 0 Å². The summed E-state index contributed by atoms with van der Waals surface area (Å²) in [4.78, 5) is 26.5. The molecule has 0 atom stereocenters. The number of carbonyl (C=O) groups excluding carboxylic acids is 1. The Balaban J connectivity index is 2.32. The summed E-state index contributed by atoms with van der Waals surface area (Å²) in [6.07, 6.45) is 1.41. The summed E-state index contributed by atoms with van der Waals surface area (Å²) in [6, 6.07) is 10.3. The van der Waals surface area contributed by atoms with Crippen LogP contribution in [0.2, 0.25) is 0 Å². The lowest BCUT2D eigenvalue weighted by Gasteiger charge is -2.04. The molecule has 0 amide bonds. The largest absolute Gasteiger partial charge is 0.294 e. The second-order valence-corrected chi connectivity index (χ2v) is 4.15. The van der Waals surface area contributed by atoms with Gasteiger partial charge in [-0.05, 0) is 13.0 Å². The van der Waals surface area contributed by atoms with Gasteiger partial charge in [-0.15, -0.1) is 0 Å². The highest BCUT2D eigenvalue weighted by atomic mass is 16.6. The molecule has 1 aromatic carbocycles. The molecule has 5 nitrogen and oxygen atoms in total. The number of hydrogen-bond donors (Lipinski definition) is 0. The van der Waals surface area contributed by atoms with Crippen LogP contribution in [0.25, 0.3) is 0 Å². The Morgan fingerprint density at radius 3 is 2.58 bits per heavy atom. The smallest absolute Gasteiger partial charge is 0.294 e. The van der Waals surface area contributed by atoms with Crippen molar-refractivity contribution < 1.29 is 9.72 Å². The summed E-state index contributed by atoms with van der Waals surface area (Å²) in [5, 5.41) is 11.0. The number of pyridine rings is 1. The standard InChI is InChI=1S/C14H12N2O3/c1-10-7-8-15-12(14(10)16(18)19)9-13(17)11-5-3-2-4-6-11/h2-8H,9H2,1H3. The van der Waals surface area contributed by atoms with Gasteiger partial charge in [-0.3, -0.25) is 19.9 Å². The fourth-order valence-corrected chi connectivity index (χ4v) is 1.86. The Morgan fingerprint density at radius 1 is 1.26 bits per heavy atom. The Hall–Kier alpha value is -2.56. The molecule has 0 aliphatic carbocycles. The number of rotatable bonds is 4. The third-order valence-corrected chi connectivity index (χ3v) is 2.81. The van der Waals surface area contributed by atoms with Crippen LogP contribution < -0.4 is 0 Å². The topological polar surface area (TPSA) is 73.1 Å². The Bertz CT molecular complexity index is 624. The molecular formula is C14H12N2O3. The van der Waals surface area contributed by atoms with E-state index in [9.17, 15) is 14.9 Å². The summed E-state index contributed by atoms with van der Waals surface area (Å²) >= 11 is 0. The van der Waals surface area contributed by atoms with Crippen molar-refractivity contribution in [3.8, 4) is 0 Å². The molecule has 0 saturated carbocycles. The van der Waals surface area contributed by atoms with Gasteiger partial charge < -0.3 is 0 Å². The lowest BCUT2D eigenvalue weighted by Crippen LogP contribution is -2.08. The normalized spacial score (nSPS) is 10.2. The van der Waals surface area contributed by atoms with Gasteiger partial charge in [0.15, 0.2) is 5.78 Å². The van der Waals surface area contributed by atoms with Crippen LogP contribution in [0.4, 0.5) is 5.69 Å². The van der Waals surface area contributed by atoms with Crippen LogP contribution in [0.1, 0.15) is 21.6 Å². The first kappa shape index (κ1) is 12.9. The maximum Gasteiger partial charge on any atom is 0.294 e. The van der Waals surface area contributed by atoms with E-state index in [1.165, 1.54) is 6.20 Å². The minimum atomic E-state index is -0.490. The van der Waals surface area contributed by atoms with E-state index in [1.807, 2.05) is 6.07 Å². The van der Waals surface area contributed by atoms with Crippen molar-refractivity contribution in [3.63, 3.8) is 0 Å². The molecule has 0 N–H and O–H groups in total. The quantitative estimate of drug-likeness (QED) is 0.479. The van der Waals surface area contributed by atoms with Gasteiger partial charge in [-0.1, -0.05) is 30.3 Å². The summed E-state index contributed by atoms with van der Waals surface area (Å²) < 4.78 is 0. The number of ketones is 1. The third-order valence-electron chi connectivity index (χ3n) is 2.81.